The van der Waals surface area contributed by atoms with Crippen LogP contribution in [0, 0.1) is 34.0 Å². The Hall–Kier alpha value is -1.57. The van der Waals surface area contributed by atoms with Crippen LogP contribution < -0.4 is 0 Å². The molecule has 1 aliphatic heterocycles. The molecule has 0 spiro atoms. The molecule has 3 atom stereocenters. The SMILES string of the molecule is CC(C)(C)OC(=O)N1CCC[C@@H]2C(C)(C)C(=O)C(C#N)C[C@@]2(C)C1. The number of amides is 1. The van der Waals surface area contributed by atoms with Gasteiger partial charge in [0.15, 0.2) is 5.78 Å². The number of rotatable bonds is 0. The third-order valence-electron chi connectivity index (χ3n) is 5.61. The summed E-state index contributed by atoms with van der Waals surface area (Å²) in [7, 11) is 0. The van der Waals surface area contributed by atoms with Crippen LogP contribution in [0.25, 0.3) is 0 Å². The highest BCUT2D eigenvalue weighted by Crippen LogP contribution is 2.54. The molecule has 2 aliphatic rings. The van der Waals surface area contributed by atoms with E-state index in [0.29, 0.717) is 19.5 Å². The Morgan fingerprint density at radius 3 is 2.50 bits per heavy atom. The summed E-state index contributed by atoms with van der Waals surface area (Å²) in [6.45, 7) is 12.8. The van der Waals surface area contributed by atoms with Crippen molar-refractivity contribution in [2.75, 3.05) is 13.1 Å². The van der Waals surface area contributed by atoms with Crippen molar-refractivity contribution in [1.29, 1.82) is 5.26 Å². The van der Waals surface area contributed by atoms with Gasteiger partial charge in [-0.3, -0.25) is 4.79 Å². The molecule has 5 heteroatoms. The summed E-state index contributed by atoms with van der Waals surface area (Å²) >= 11 is 0. The van der Waals surface area contributed by atoms with Gasteiger partial charge in [-0.1, -0.05) is 20.8 Å². The van der Waals surface area contributed by atoms with Crippen LogP contribution in [-0.2, 0) is 9.53 Å². The van der Waals surface area contributed by atoms with E-state index in [-0.39, 0.29) is 23.2 Å². The molecule has 1 saturated carbocycles. The van der Waals surface area contributed by atoms with Gasteiger partial charge in [0.25, 0.3) is 0 Å². The molecule has 24 heavy (non-hydrogen) atoms. The number of ether oxygens (including phenoxy) is 1. The van der Waals surface area contributed by atoms with Crippen LogP contribution in [0.15, 0.2) is 0 Å². The van der Waals surface area contributed by atoms with Crippen molar-refractivity contribution in [3.05, 3.63) is 0 Å². The van der Waals surface area contributed by atoms with Crippen molar-refractivity contribution in [3.63, 3.8) is 0 Å². The van der Waals surface area contributed by atoms with Gasteiger partial charge >= 0.3 is 6.09 Å². The molecule has 2 fully saturated rings. The standard InChI is InChI=1S/C19H30N2O3/c1-17(2,3)24-16(23)21-9-7-8-14-18(4,5)15(22)13(11-20)10-19(14,6)12-21/h13-14H,7-10,12H2,1-6H3/t13?,14-,19+/m1/s1. The number of ketones is 1. The number of nitrogens with zero attached hydrogens (tertiary/aromatic N) is 2. The number of hydrogen-bond acceptors (Lipinski definition) is 4. The Bertz CT molecular complexity index is 570. The van der Waals surface area contributed by atoms with E-state index in [4.69, 9.17) is 4.74 Å². The second-order valence-corrected chi connectivity index (χ2v) is 9.22. The summed E-state index contributed by atoms with van der Waals surface area (Å²) in [5, 5.41) is 9.42. The number of fused-ring (bicyclic) bond motifs is 1. The fourth-order valence-electron chi connectivity index (χ4n) is 4.67. The summed E-state index contributed by atoms with van der Waals surface area (Å²) in [6, 6.07) is 2.19. The van der Waals surface area contributed by atoms with Crippen LogP contribution in [0.5, 0.6) is 0 Å². The van der Waals surface area contributed by atoms with Gasteiger partial charge in [0.05, 0.1) is 6.07 Å². The van der Waals surface area contributed by atoms with Crippen molar-refractivity contribution in [2.24, 2.45) is 22.7 Å². The molecule has 1 unspecified atom stereocenters. The first-order valence-electron chi connectivity index (χ1n) is 8.82. The summed E-state index contributed by atoms with van der Waals surface area (Å²) < 4.78 is 5.54. The lowest BCUT2D eigenvalue weighted by molar-refractivity contribution is -0.144. The average molecular weight is 334 g/mol. The van der Waals surface area contributed by atoms with Crippen molar-refractivity contribution >= 4 is 11.9 Å². The molecule has 0 bridgehead atoms. The van der Waals surface area contributed by atoms with E-state index in [1.807, 2.05) is 34.6 Å². The van der Waals surface area contributed by atoms with Crippen molar-refractivity contribution in [2.45, 2.75) is 66.4 Å². The molecule has 1 saturated heterocycles. The first-order chi connectivity index (χ1) is 10.9. The lowest BCUT2D eigenvalue weighted by Crippen LogP contribution is -2.54. The van der Waals surface area contributed by atoms with Crippen molar-refractivity contribution in [3.8, 4) is 6.07 Å². The van der Waals surface area contributed by atoms with Crippen LogP contribution in [0.4, 0.5) is 4.79 Å². The molecule has 0 aromatic rings. The van der Waals surface area contributed by atoms with E-state index in [2.05, 4.69) is 13.0 Å². The van der Waals surface area contributed by atoms with E-state index in [9.17, 15) is 14.9 Å². The predicted molar refractivity (Wildman–Crippen MR) is 91.1 cm³/mol. The predicted octanol–water partition coefficient (Wildman–Crippen LogP) is 3.78. The second kappa shape index (κ2) is 6.06. The lowest BCUT2D eigenvalue weighted by Gasteiger charge is -2.51. The molecule has 1 heterocycles. The van der Waals surface area contributed by atoms with Gasteiger partial charge in [-0.25, -0.2) is 4.79 Å². The summed E-state index contributed by atoms with van der Waals surface area (Å²) in [4.78, 5) is 27.0. The third-order valence-corrected chi connectivity index (χ3v) is 5.61. The Kier molecular flexibility index (Phi) is 4.74. The molecule has 0 aromatic heterocycles. The molecular weight excluding hydrogens is 304 g/mol. The zero-order chi connectivity index (χ0) is 18.3. The Labute approximate surface area is 145 Å². The van der Waals surface area contributed by atoms with Crippen molar-refractivity contribution in [1.82, 2.24) is 4.90 Å². The smallest absolute Gasteiger partial charge is 0.410 e. The Balaban J connectivity index is 2.29. The first-order valence-corrected chi connectivity index (χ1v) is 8.82. The number of likely N-dealkylation sites (tertiary alicyclic amines) is 1. The highest BCUT2D eigenvalue weighted by Gasteiger charge is 2.56. The van der Waals surface area contributed by atoms with Crippen LogP contribution in [0.3, 0.4) is 0 Å². The van der Waals surface area contributed by atoms with Gasteiger partial charge in [0.1, 0.15) is 11.5 Å². The zero-order valence-electron chi connectivity index (χ0n) is 15.8. The highest BCUT2D eigenvalue weighted by molar-refractivity contribution is 5.89. The number of hydrogen-bond donors (Lipinski definition) is 0. The average Bonchev–Trinajstić information content (AvgIpc) is 2.61. The number of carbonyl (C=O) groups is 2. The minimum Gasteiger partial charge on any atom is -0.444 e. The van der Waals surface area contributed by atoms with Gasteiger partial charge in [0.2, 0.25) is 0 Å². The minimum atomic E-state index is -0.583. The molecule has 0 aromatic carbocycles. The van der Waals surface area contributed by atoms with Crippen LogP contribution in [0.2, 0.25) is 0 Å². The van der Waals surface area contributed by atoms with E-state index in [1.54, 1.807) is 4.90 Å². The Morgan fingerprint density at radius 2 is 1.96 bits per heavy atom. The molecule has 1 aliphatic carbocycles. The van der Waals surface area contributed by atoms with Crippen LogP contribution in [0.1, 0.15) is 60.8 Å². The number of nitriles is 1. The number of carbonyl (C=O) groups excluding carboxylic acids is 2. The first kappa shape index (κ1) is 18.8. The fraction of sp³-hybridized carbons (Fsp3) is 0.842. The van der Waals surface area contributed by atoms with E-state index in [0.717, 1.165) is 12.8 Å². The summed E-state index contributed by atoms with van der Waals surface area (Å²) in [5.74, 6) is -0.354. The van der Waals surface area contributed by atoms with E-state index in [1.165, 1.54) is 0 Å². The van der Waals surface area contributed by atoms with Gasteiger partial charge in [-0.2, -0.15) is 5.26 Å². The van der Waals surface area contributed by atoms with Gasteiger partial charge in [0, 0.05) is 18.5 Å². The summed E-state index contributed by atoms with van der Waals surface area (Å²) in [5.41, 5.74) is -1.30. The fourth-order valence-corrected chi connectivity index (χ4v) is 4.67. The van der Waals surface area contributed by atoms with Crippen LogP contribution in [-0.4, -0.2) is 35.5 Å². The maximum atomic E-state index is 12.7. The third kappa shape index (κ3) is 3.43. The topological polar surface area (TPSA) is 70.4 Å². The maximum absolute atomic E-state index is 12.7. The Morgan fingerprint density at radius 1 is 1.33 bits per heavy atom. The molecule has 2 rings (SSSR count). The van der Waals surface area contributed by atoms with E-state index < -0.39 is 16.9 Å². The van der Waals surface area contributed by atoms with Crippen molar-refractivity contribution < 1.29 is 14.3 Å². The minimum absolute atomic E-state index is 0.0539. The molecular formula is C19H30N2O3. The monoisotopic (exact) mass is 334 g/mol. The van der Waals surface area contributed by atoms with Gasteiger partial charge < -0.3 is 9.64 Å². The van der Waals surface area contributed by atoms with E-state index >= 15 is 0 Å². The lowest BCUT2D eigenvalue weighted by atomic mass is 9.52. The second-order valence-electron chi connectivity index (χ2n) is 9.22. The molecule has 0 radical (unpaired) electrons. The molecule has 5 nitrogen and oxygen atoms in total. The quantitative estimate of drug-likeness (QED) is 0.676. The zero-order valence-corrected chi connectivity index (χ0v) is 15.8. The maximum Gasteiger partial charge on any atom is 0.410 e. The molecule has 134 valence electrons. The highest BCUT2D eigenvalue weighted by atomic mass is 16.6. The summed E-state index contributed by atoms with van der Waals surface area (Å²) in [6.07, 6.45) is 1.98. The van der Waals surface area contributed by atoms with Gasteiger partial charge in [-0.05, 0) is 51.4 Å². The normalized spacial score (nSPS) is 33.2. The van der Waals surface area contributed by atoms with Crippen LogP contribution >= 0.6 is 0 Å². The molecule has 1 amide bonds. The number of Topliss-reactive ketones (excluding diaryl/α,β-unsaturated/α-hetero) is 1. The van der Waals surface area contributed by atoms with Gasteiger partial charge in [-0.15, -0.1) is 0 Å². The molecule has 0 N–H and O–H groups in total. The largest absolute Gasteiger partial charge is 0.444 e.